The highest BCUT2D eigenvalue weighted by atomic mass is 35.5. The van der Waals surface area contributed by atoms with Crippen LogP contribution in [-0.4, -0.2) is 34.5 Å². The predicted molar refractivity (Wildman–Crippen MR) is 77.4 cm³/mol. The van der Waals surface area contributed by atoms with Crippen molar-refractivity contribution >= 4 is 35.1 Å². The Bertz CT molecular complexity index is 527. The van der Waals surface area contributed by atoms with Crippen molar-refractivity contribution in [1.29, 1.82) is 0 Å². The second-order valence-electron chi connectivity index (χ2n) is 4.89. The lowest BCUT2D eigenvalue weighted by Gasteiger charge is -2.27. The number of aliphatic carboxylic acids is 1. The van der Waals surface area contributed by atoms with Gasteiger partial charge in [0.2, 0.25) is 0 Å². The van der Waals surface area contributed by atoms with Gasteiger partial charge in [0.15, 0.2) is 0 Å². The fourth-order valence-corrected chi connectivity index (χ4v) is 3.04. The molecule has 0 aliphatic heterocycles. The maximum absolute atomic E-state index is 12.5. The number of carbonyl (C=O) groups excluding carboxylic acids is 1. The van der Waals surface area contributed by atoms with Crippen LogP contribution >= 0.6 is 23.2 Å². The minimum absolute atomic E-state index is 0.0228. The summed E-state index contributed by atoms with van der Waals surface area (Å²) < 4.78 is 0. The molecule has 0 aromatic heterocycles. The lowest BCUT2D eigenvalue weighted by atomic mass is 10.1. The quantitative estimate of drug-likeness (QED) is 0.925. The molecule has 4 nitrogen and oxygen atoms in total. The average Bonchev–Trinajstić information content (AvgIpc) is 2.88. The van der Waals surface area contributed by atoms with E-state index in [1.807, 2.05) is 0 Å². The molecule has 0 atom stereocenters. The summed E-state index contributed by atoms with van der Waals surface area (Å²) in [4.78, 5) is 24.9. The fourth-order valence-electron chi connectivity index (χ4n) is 2.55. The second kappa shape index (κ2) is 6.46. The van der Waals surface area contributed by atoms with Gasteiger partial charge in [-0.05, 0) is 31.0 Å². The molecular formula is C14H15Cl2NO3. The summed E-state index contributed by atoms with van der Waals surface area (Å²) in [5.74, 6) is -1.36. The van der Waals surface area contributed by atoms with Gasteiger partial charge in [0.05, 0.1) is 10.6 Å². The van der Waals surface area contributed by atoms with Crippen LogP contribution in [0, 0.1) is 0 Å². The number of hydrogen-bond acceptors (Lipinski definition) is 2. The van der Waals surface area contributed by atoms with E-state index in [1.165, 1.54) is 17.0 Å². The number of benzene rings is 1. The van der Waals surface area contributed by atoms with Crippen molar-refractivity contribution in [2.45, 2.75) is 31.7 Å². The van der Waals surface area contributed by atoms with Gasteiger partial charge < -0.3 is 10.0 Å². The zero-order chi connectivity index (χ0) is 14.7. The molecule has 20 heavy (non-hydrogen) atoms. The number of carbonyl (C=O) groups is 2. The standard InChI is InChI=1S/C14H15Cl2NO3/c15-9-5-6-11(12(16)7-9)14(20)17(8-13(18)19)10-3-1-2-4-10/h5-7,10H,1-4,8H2,(H,18,19). The molecule has 1 amide bonds. The number of amides is 1. The number of carboxylic acid groups (broad SMARTS) is 1. The van der Waals surface area contributed by atoms with Crippen LogP contribution in [0.15, 0.2) is 18.2 Å². The van der Waals surface area contributed by atoms with Gasteiger partial charge in [0.25, 0.3) is 5.91 Å². The van der Waals surface area contributed by atoms with Crippen molar-refractivity contribution in [1.82, 2.24) is 4.90 Å². The smallest absolute Gasteiger partial charge is 0.323 e. The van der Waals surface area contributed by atoms with Crippen LogP contribution in [0.5, 0.6) is 0 Å². The molecule has 1 saturated carbocycles. The Morgan fingerprint density at radius 1 is 1.25 bits per heavy atom. The Morgan fingerprint density at radius 2 is 1.90 bits per heavy atom. The fraction of sp³-hybridized carbons (Fsp3) is 0.429. The minimum atomic E-state index is -1.02. The van der Waals surface area contributed by atoms with E-state index in [4.69, 9.17) is 28.3 Å². The lowest BCUT2D eigenvalue weighted by Crippen LogP contribution is -2.42. The average molecular weight is 316 g/mol. The van der Waals surface area contributed by atoms with Gasteiger partial charge in [-0.2, -0.15) is 0 Å². The van der Waals surface area contributed by atoms with Crippen LogP contribution in [0.3, 0.4) is 0 Å². The number of nitrogens with zero attached hydrogens (tertiary/aromatic N) is 1. The minimum Gasteiger partial charge on any atom is -0.480 e. The van der Waals surface area contributed by atoms with Gasteiger partial charge in [-0.15, -0.1) is 0 Å². The number of rotatable bonds is 4. The first-order chi connectivity index (χ1) is 9.49. The summed E-state index contributed by atoms with van der Waals surface area (Å²) >= 11 is 11.8. The first-order valence-electron chi connectivity index (χ1n) is 6.47. The first-order valence-corrected chi connectivity index (χ1v) is 7.22. The van der Waals surface area contributed by atoms with E-state index in [2.05, 4.69) is 0 Å². The topological polar surface area (TPSA) is 57.6 Å². The zero-order valence-electron chi connectivity index (χ0n) is 10.8. The first kappa shape index (κ1) is 15.1. The number of carboxylic acids is 1. The monoisotopic (exact) mass is 315 g/mol. The van der Waals surface area contributed by atoms with Crippen LogP contribution in [0.2, 0.25) is 10.0 Å². The predicted octanol–water partition coefficient (Wildman–Crippen LogP) is 3.46. The van der Waals surface area contributed by atoms with Gasteiger partial charge in [-0.1, -0.05) is 36.0 Å². The Kier molecular flexibility index (Phi) is 4.89. The van der Waals surface area contributed by atoms with Gasteiger partial charge in [-0.25, -0.2) is 0 Å². The molecule has 0 heterocycles. The molecule has 1 fully saturated rings. The van der Waals surface area contributed by atoms with E-state index in [0.717, 1.165) is 25.7 Å². The van der Waals surface area contributed by atoms with Gasteiger partial charge in [-0.3, -0.25) is 9.59 Å². The van der Waals surface area contributed by atoms with Gasteiger partial charge in [0, 0.05) is 11.1 Å². The highest BCUT2D eigenvalue weighted by molar-refractivity contribution is 6.36. The Balaban J connectivity index is 2.27. The molecule has 0 bridgehead atoms. The summed E-state index contributed by atoms with van der Waals surface area (Å²) in [5, 5.41) is 9.69. The van der Waals surface area contributed by atoms with E-state index in [1.54, 1.807) is 6.07 Å². The normalized spacial score (nSPS) is 15.3. The largest absolute Gasteiger partial charge is 0.480 e. The highest BCUT2D eigenvalue weighted by Gasteiger charge is 2.29. The molecule has 0 unspecified atom stereocenters. The molecule has 1 aromatic rings. The van der Waals surface area contributed by atoms with Crippen LogP contribution < -0.4 is 0 Å². The Labute approximate surface area is 127 Å². The molecule has 1 aliphatic carbocycles. The van der Waals surface area contributed by atoms with Crippen molar-refractivity contribution < 1.29 is 14.7 Å². The summed E-state index contributed by atoms with van der Waals surface area (Å²) in [6.07, 6.45) is 3.71. The second-order valence-corrected chi connectivity index (χ2v) is 5.73. The van der Waals surface area contributed by atoms with Crippen molar-refractivity contribution in [2.24, 2.45) is 0 Å². The number of halogens is 2. The SMILES string of the molecule is O=C(O)CN(C(=O)c1ccc(Cl)cc1Cl)C1CCCC1. The third kappa shape index (κ3) is 3.44. The summed E-state index contributed by atoms with van der Waals surface area (Å²) in [6, 6.07) is 4.58. The van der Waals surface area contributed by atoms with Crippen LogP contribution in [0.25, 0.3) is 0 Å². The van der Waals surface area contributed by atoms with Gasteiger partial charge in [0.1, 0.15) is 6.54 Å². The van der Waals surface area contributed by atoms with E-state index >= 15 is 0 Å². The highest BCUT2D eigenvalue weighted by Crippen LogP contribution is 2.27. The van der Waals surface area contributed by atoms with Crippen molar-refractivity contribution in [3.8, 4) is 0 Å². The lowest BCUT2D eigenvalue weighted by molar-refractivity contribution is -0.138. The molecule has 6 heteroatoms. The van der Waals surface area contributed by atoms with Crippen LogP contribution in [0.1, 0.15) is 36.0 Å². The third-order valence-corrected chi connectivity index (χ3v) is 4.04. The molecule has 1 aromatic carbocycles. The van der Waals surface area contributed by atoms with E-state index < -0.39 is 5.97 Å². The summed E-state index contributed by atoms with van der Waals surface area (Å²) in [7, 11) is 0. The van der Waals surface area contributed by atoms with E-state index in [-0.39, 0.29) is 23.5 Å². The Hall–Kier alpha value is -1.26. The van der Waals surface area contributed by atoms with Crippen LogP contribution in [-0.2, 0) is 4.79 Å². The molecule has 1 N–H and O–H groups in total. The maximum atomic E-state index is 12.5. The van der Waals surface area contributed by atoms with E-state index in [0.29, 0.717) is 10.6 Å². The van der Waals surface area contributed by atoms with Gasteiger partial charge >= 0.3 is 5.97 Å². The summed E-state index contributed by atoms with van der Waals surface area (Å²) in [6.45, 7) is -0.303. The maximum Gasteiger partial charge on any atom is 0.323 e. The third-order valence-electron chi connectivity index (χ3n) is 3.49. The molecular weight excluding hydrogens is 301 g/mol. The van der Waals surface area contributed by atoms with Crippen molar-refractivity contribution in [3.05, 3.63) is 33.8 Å². The number of hydrogen-bond donors (Lipinski definition) is 1. The Morgan fingerprint density at radius 3 is 2.45 bits per heavy atom. The van der Waals surface area contributed by atoms with Crippen LogP contribution in [0.4, 0.5) is 0 Å². The molecule has 2 rings (SSSR count). The van der Waals surface area contributed by atoms with Crippen molar-refractivity contribution in [2.75, 3.05) is 6.54 Å². The zero-order valence-corrected chi connectivity index (χ0v) is 12.3. The summed E-state index contributed by atoms with van der Waals surface area (Å²) in [5.41, 5.74) is 0.296. The molecule has 0 radical (unpaired) electrons. The van der Waals surface area contributed by atoms with E-state index in [9.17, 15) is 9.59 Å². The molecule has 0 spiro atoms. The molecule has 1 aliphatic rings. The molecule has 0 saturated heterocycles. The molecule has 108 valence electrons. The van der Waals surface area contributed by atoms with Crippen molar-refractivity contribution in [3.63, 3.8) is 0 Å².